The third kappa shape index (κ3) is 17.0. The third-order valence-corrected chi connectivity index (χ3v) is 6.23. The summed E-state index contributed by atoms with van der Waals surface area (Å²) in [7, 11) is 14.9. The standard InChI is InChI=1S/C8H4F3N4.C8H8N4.2C8H7N4.3ClH.2Ir.H2O/c9-8(10,11)7-3-6(14-15-7)5-1-2-12-4-13-5;3*1-6-4-8(12-11-6)7-2-3-9-5-10-7;;;;;;/h1-4H;2-5H,1H3,(H,11,12);2*2-5H,1H3;3*1H;;;1H2/q-1;;2*-1;;;;2*+3;/p-3. The average molecular weight is 1200 g/mol. The van der Waals surface area contributed by atoms with Gasteiger partial charge in [-0.3, -0.25) is 5.10 Å². The topological polar surface area (TPSA) is 244 Å². The number of H-pyrrole nitrogens is 1. The second kappa shape index (κ2) is 24.7. The van der Waals surface area contributed by atoms with Gasteiger partial charge in [-0.2, -0.15) is 18.3 Å². The molecule has 8 rings (SSSR count). The fourth-order valence-electron chi connectivity index (χ4n) is 3.90. The zero-order valence-corrected chi connectivity index (χ0v) is 36.4. The van der Waals surface area contributed by atoms with E-state index >= 15 is 0 Å². The molecule has 0 amide bonds. The van der Waals surface area contributed by atoms with E-state index < -0.39 is 25.3 Å². The molecule has 3 N–H and O–H groups in total. The summed E-state index contributed by atoms with van der Waals surface area (Å²) in [6, 6.07) is 13.5. The second-order valence-electron chi connectivity index (χ2n) is 10.3. The van der Waals surface area contributed by atoms with Crippen molar-refractivity contribution in [2.24, 2.45) is 0 Å². The monoisotopic (exact) mass is 1200 g/mol. The number of rotatable bonds is 4. The number of nitrogens with one attached hydrogen (secondary N) is 1. The van der Waals surface area contributed by atoms with E-state index in [0.717, 1.165) is 57.3 Å². The summed E-state index contributed by atoms with van der Waals surface area (Å²) >= 11 is -1.92. The number of alkyl halides is 3. The summed E-state index contributed by atoms with van der Waals surface area (Å²) in [6.45, 7) is 5.76. The van der Waals surface area contributed by atoms with Crippen LogP contribution in [0, 0.1) is 20.8 Å². The normalized spacial score (nSPS) is 10.2. The number of hydrogen-bond acceptors (Lipinski definition) is 12. The van der Waals surface area contributed by atoms with Crippen molar-refractivity contribution in [2.45, 2.75) is 26.9 Å². The van der Waals surface area contributed by atoms with E-state index in [4.69, 9.17) is 28.8 Å². The van der Waals surface area contributed by atoms with Crippen LogP contribution in [-0.2, 0) is 39.7 Å². The van der Waals surface area contributed by atoms with Gasteiger partial charge in [0, 0.05) is 41.9 Å². The zero-order chi connectivity index (χ0) is 39.6. The first-order valence-corrected chi connectivity index (χ1v) is 24.0. The number of hydrogen-bond donors (Lipinski definition) is 1. The summed E-state index contributed by atoms with van der Waals surface area (Å²) in [5.74, 6) is 0. The van der Waals surface area contributed by atoms with E-state index in [-0.39, 0.29) is 31.3 Å². The van der Waals surface area contributed by atoms with Gasteiger partial charge in [0.05, 0.1) is 22.8 Å². The molecule has 8 heterocycles. The van der Waals surface area contributed by atoms with Crippen molar-refractivity contribution in [3.8, 4) is 45.6 Å². The largest absolute Gasteiger partial charge is 3.00 e. The molecule has 0 saturated heterocycles. The van der Waals surface area contributed by atoms with Crippen LogP contribution in [0.15, 0.2) is 98.6 Å². The van der Waals surface area contributed by atoms with Crippen LogP contribution in [0.1, 0.15) is 22.8 Å². The Bertz CT molecular complexity index is 2080. The Morgan fingerprint density at radius 2 is 0.930 bits per heavy atom. The molecule has 57 heavy (non-hydrogen) atoms. The maximum atomic E-state index is 12.2. The molecule has 8 aromatic heterocycles. The Morgan fingerprint density at radius 3 is 1.21 bits per heavy atom. The zero-order valence-electron chi connectivity index (χ0n) is 29.4. The first-order chi connectivity index (χ1) is 26.4. The van der Waals surface area contributed by atoms with Crippen molar-refractivity contribution in [3.63, 3.8) is 0 Å². The number of aromatic nitrogens is 16. The van der Waals surface area contributed by atoms with Gasteiger partial charge in [-0.1, -0.05) is 29.2 Å². The Kier molecular flexibility index (Phi) is 20.9. The molecule has 8 aromatic rings. The molecule has 0 unspecified atom stereocenters. The molecule has 302 valence electrons. The van der Waals surface area contributed by atoms with Gasteiger partial charge in [-0.25, -0.2) is 39.9 Å². The molecule has 0 aliphatic rings. The van der Waals surface area contributed by atoms with Crippen LogP contribution in [0.2, 0.25) is 0 Å². The molecule has 0 fully saturated rings. The van der Waals surface area contributed by atoms with Gasteiger partial charge in [-0.15, -0.1) is 0 Å². The first-order valence-electron chi connectivity index (χ1n) is 15.1. The van der Waals surface area contributed by atoms with Crippen LogP contribution in [0.25, 0.3) is 45.6 Å². The van der Waals surface area contributed by atoms with Crippen LogP contribution in [0.5, 0.6) is 0 Å². The molecule has 25 heteroatoms. The second-order valence-corrected chi connectivity index (χ2v) is 20.7. The summed E-state index contributed by atoms with van der Waals surface area (Å²) in [5, 5.41) is 29.0. The Labute approximate surface area is 353 Å². The summed E-state index contributed by atoms with van der Waals surface area (Å²) in [5.41, 5.74) is 7.15. The van der Waals surface area contributed by atoms with Gasteiger partial charge in [0.15, 0.2) is 0 Å². The van der Waals surface area contributed by atoms with Gasteiger partial charge in [0.1, 0.15) is 36.7 Å². The van der Waals surface area contributed by atoms with E-state index in [2.05, 4.69) is 80.7 Å². The molecule has 0 bridgehead atoms. The van der Waals surface area contributed by atoms with Gasteiger partial charge in [-0.05, 0) is 57.2 Å². The van der Waals surface area contributed by atoms with Gasteiger partial charge in [0.25, 0.3) is 0 Å². The molecule has 0 aliphatic carbocycles. The fourth-order valence-corrected chi connectivity index (χ4v) is 3.90. The summed E-state index contributed by atoms with van der Waals surface area (Å²) in [6.07, 6.45) is 7.77. The predicted octanol–water partition coefficient (Wildman–Crippen LogP) is 5.54. The Morgan fingerprint density at radius 1 is 0.561 bits per heavy atom. The van der Waals surface area contributed by atoms with Crippen molar-refractivity contribution in [3.05, 3.63) is 121 Å². The molecule has 17 nitrogen and oxygen atoms in total. The molecular weight excluding hydrogens is 1170 g/mol. The van der Waals surface area contributed by atoms with Crippen molar-refractivity contribution in [2.75, 3.05) is 0 Å². The van der Waals surface area contributed by atoms with Crippen molar-refractivity contribution in [1.29, 1.82) is 0 Å². The predicted molar refractivity (Wildman–Crippen MR) is 196 cm³/mol. The maximum Gasteiger partial charge on any atom is 3.00 e. The SMILES string of the molecule is Cc1cc(-c2ccncn2)[n-]n1.Cc1cc(-c2ccncn2)[n-]n1.Cc1cc(-c2ccncn2)n[nH]1.FC(F)(F)c1cc(-c2ccncn2)[n-]n1.O.[Cl][Ir]([Cl])[Cl].[Ir+3]. The van der Waals surface area contributed by atoms with Crippen LogP contribution >= 0.6 is 28.8 Å². The molecule has 0 spiro atoms. The fraction of sp³-hybridized carbons (Fsp3) is 0.125. The minimum absolute atomic E-state index is 0. The number of aromatic amines is 1. The molecule has 0 saturated carbocycles. The number of aryl methyl sites for hydroxylation is 3. The minimum atomic E-state index is -4.47. The van der Waals surface area contributed by atoms with E-state index in [9.17, 15) is 13.2 Å². The van der Waals surface area contributed by atoms with Crippen molar-refractivity contribution >= 4 is 28.8 Å². The third-order valence-electron chi connectivity index (χ3n) is 6.23. The Balaban J connectivity index is 0.000000252. The van der Waals surface area contributed by atoms with Crippen molar-refractivity contribution in [1.82, 2.24) is 80.7 Å². The van der Waals surface area contributed by atoms with E-state index in [1.165, 1.54) is 37.6 Å². The van der Waals surface area contributed by atoms with E-state index in [0.29, 0.717) is 5.69 Å². The molecule has 0 aliphatic heterocycles. The minimum Gasteiger partial charge on any atom is 3.00 e. The van der Waals surface area contributed by atoms with Crippen LogP contribution in [0.4, 0.5) is 13.2 Å². The maximum absolute atomic E-state index is 12.2. The molecular formula is C32H28Cl3F3Ir2N16O. The number of halogens is 6. The van der Waals surface area contributed by atoms with Crippen molar-refractivity contribution < 1.29 is 52.2 Å². The van der Waals surface area contributed by atoms with Gasteiger partial charge in [0.2, 0.25) is 0 Å². The summed E-state index contributed by atoms with van der Waals surface area (Å²) in [4.78, 5) is 31.0. The van der Waals surface area contributed by atoms with Crippen LogP contribution in [-0.4, -0.2) is 70.8 Å². The molecule has 0 atom stereocenters. The van der Waals surface area contributed by atoms with E-state index in [1.54, 1.807) is 18.6 Å². The number of nitrogens with zero attached hydrogens (tertiary/aromatic N) is 15. The summed E-state index contributed by atoms with van der Waals surface area (Å²) < 4.78 is 36.5. The molecule has 0 aromatic carbocycles. The van der Waals surface area contributed by atoms with Crippen LogP contribution in [0.3, 0.4) is 0 Å². The average Bonchev–Trinajstić information content (AvgIpc) is 4.02. The van der Waals surface area contributed by atoms with Crippen LogP contribution < -0.4 is 15.3 Å². The van der Waals surface area contributed by atoms with E-state index in [1.807, 2.05) is 57.2 Å². The quantitative estimate of drug-likeness (QED) is 0.228. The van der Waals surface area contributed by atoms with Gasteiger partial charge >= 0.3 is 68.5 Å². The Hall–Kier alpha value is -4.92. The first kappa shape index (κ1) is 48.2. The smallest absolute Gasteiger partial charge is 3.00 e. The molecule has 0 radical (unpaired) electrons. The van der Waals surface area contributed by atoms with Gasteiger partial charge < -0.3 is 36.1 Å².